The molecule has 1 aliphatic heterocycles. The summed E-state index contributed by atoms with van der Waals surface area (Å²) in [6.07, 6.45) is 0.739. The lowest BCUT2D eigenvalue weighted by molar-refractivity contribution is -0.869. The van der Waals surface area contributed by atoms with Crippen molar-refractivity contribution >= 4 is 23.3 Å². The minimum atomic E-state index is -3.84. The van der Waals surface area contributed by atoms with Crippen LogP contribution in [0.1, 0.15) is 19.8 Å². The van der Waals surface area contributed by atoms with E-state index in [1.54, 1.807) is 6.92 Å². The molecule has 1 rings (SSSR count). The summed E-state index contributed by atoms with van der Waals surface area (Å²) in [6.45, 7) is 2.68. The molecule has 0 spiro atoms. The van der Waals surface area contributed by atoms with Crippen molar-refractivity contribution in [2.45, 2.75) is 31.6 Å². The molecule has 2 atom stereocenters. The average Bonchev–Trinajstić information content (AvgIpc) is 2.85. The molecule has 0 aromatic heterocycles. The molecule has 0 unspecified atom stereocenters. The zero-order valence-electron chi connectivity index (χ0n) is 16.7. The van der Waals surface area contributed by atoms with Gasteiger partial charge in [-0.1, -0.05) is 13.3 Å². The summed E-state index contributed by atoms with van der Waals surface area (Å²) in [5.41, 5.74) is 4.40. The Hall–Kier alpha value is -0.755. The lowest BCUT2D eigenvalue weighted by atomic mass is 9.78. The van der Waals surface area contributed by atoms with E-state index in [4.69, 9.17) is 15.8 Å². The van der Waals surface area contributed by atoms with E-state index in [0.29, 0.717) is 30.4 Å². The first kappa shape index (κ1) is 24.3. The standard InChI is InChI=1S/C15H33BN4O6S/c1-5-18(9-10-20(2,3)4)27(25,26)19-11-13(7-6-8-16(23)24)15(17,12-19)14(21)22/h13,23-24H,5-12,17H2,1-4H3/p+1/t13-,15-/m0/s1. The fourth-order valence-corrected chi connectivity index (χ4v) is 4.93. The Bertz CT molecular complexity index is 612. The van der Waals surface area contributed by atoms with Crippen molar-refractivity contribution in [3.8, 4) is 0 Å². The molecular formula is C15H34BN4O6S+. The van der Waals surface area contributed by atoms with Crippen LogP contribution in [0.2, 0.25) is 6.32 Å². The molecule has 0 radical (unpaired) electrons. The quantitative estimate of drug-likeness (QED) is 0.233. The second kappa shape index (κ2) is 9.16. The highest BCUT2D eigenvalue weighted by Crippen LogP contribution is 2.33. The third-order valence-corrected chi connectivity index (χ3v) is 7.05. The van der Waals surface area contributed by atoms with Gasteiger partial charge in [-0.25, -0.2) is 0 Å². The number of carboxylic acids is 1. The van der Waals surface area contributed by atoms with E-state index >= 15 is 0 Å². The number of hydrogen-bond donors (Lipinski definition) is 4. The number of rotatable bonds is 11. The van der Waals surface area contributed by atoms with Crippen LogP contribution in [0.15, 0.2) is 0 Å². The Labute approximate surface area is 162 Å². The molecule has 27 heavy (non-hydrogen) atoms. The van der Waals surface area contributed by atoms with E-state index in [2.05, 4.69) is 0 Å². The average molecular weight is 409 g/mol. The normalized spacial score (nSPS) is 24.5. The molecule has 0 bridgehead atoms. The lowest BCUT2D eigenvalue weighted by Gasteiger charge is -2.30. The summed E-state index contributed by atoms with van der Waals surface area (Å²) in [7, 11) is 0.593. The first-order valence-electron chi connectivity index (χ1n) is 9.18. The van der Waals surface area contributed by atoms with Gasteiger partial charge in [0.05, 0.1) is 34.2 Å². The first-order valence-corrected chi connectivity index (χ1v) is 10.6. The van der Waals surface area contributed by atoms with Gasteiger partial charge in [-0.05, 0) is 12.7 Å². The van der Waals surface area contributed by atoms with Gasteiger partial charge in [-0.3, -0.25) is 4.79 Å². The Kier molecular flexibility index (Phi) is 8.24. The third-order valence-electron chi connectivity index (χ3n) is 5.03. The highest BCUT2D eigenvalue weighted by atomic mass is 32.2. The van der Waals surface area contributed by atoms with Crippen molar-refractivity contribution in [2.24, 2.45) is 11.7 Å². The van der Waals surface area contributed by atoms with E-state index in [1.807, 2.05) is 21.1 Å². The van der Waals surface area contributed by atoms with E-state index in [0.717, 1.165) is 4.31 Å². The summed E-state index contributed by atoms with van der Waals surface area (Å²) in [5, 5.41) is 27.5. The highest BCUT2D eigenvalue weighted by molar-refractivity contribution is 7.86. The fourth-order valence-electron chi connectivity index (χ4n) is 3.22. The Morgan fingerprint density at radius 2 is 1.96 bits per heavy atom. The van der Waals surface area contributed by atoms with Crippen LogP contribution >= 0.6 is 0 Å². The predicted molar refractivity (Wildman–Crippen MR) is 103 cm³/mol. The molecular weight excluding hydrogens is 375 g/mol. The van der Waals surface area contributed by atoms with Gasteiger partial charge in [0.2, 0.25) is 0 Å². The van der Waals surface area contributed by atoms with Gasteiger partial charge >= 0.3 is 13.1 Å². The van der Waals surface area contributed by atoms with Crippen LogP contribution in [0.3, 0.4) is 0 Å². The molecule has 0 aliphatic carbocycles. The van der Waals surface area contributed by atoms with E-state index < -0.39 is 34.8 Å². The molecule has 0 aromatic carbocycles. The molecule has 0 saturated carbocycles. The van der Waals surface area contributed by atoms with Crippen molar-refractivity contribution in [3.05, 3.63) is 0 Å². The SMILES string of the molecule is CCN(CC[N+](C)(C)C)S(=O)(=O)N1C[C@H](CCCB(O)O)[C@](N)(C(=O)O)C1. The van der Waals surface area contributed by atoms with E-state index in [9.17, 15) is 18.3 Å². The smallest absolute Gasteiger partial charge is 0.451 e. The number of aliphatic carboxylic acids is 1. The molecule has 158 valence electrons. The molecule has 10 nitrogen and oxygen atoms in total. The van der Waals surface area contributed by atoms with Gasteiger partial charge in [0.25, 0.3) is 10.2 Å². The molecule has 0 aromatic rings. The van der Waals surface area contributed by atoms with Crippen LogP contribution in [-0.4, -0.2) is 109 Å². The lowest BCUT2D eigenvalue weighted by Crippen LogP contribution is -2.55. The number of nitrogens with zero attached hydrogens (tertiary/aromatic N) is 3. The number of likely N-dealkylation sites (N-methyl/N-ethyl adjacent to an activating group) is 2. The third kappa shape index (κ3) is 6.38. The minimum Gasteiger partial charge on any atom is -0.480 e. The van der Waals surface area contributed by atoms with Crippen molar-refractivity contribution in [1.29, 1.82) is 0 Å². The summed E-state index contributed by atoms with van der Waals surface area (Å²) in [6, 6.07) is 0. The van der Waals surface area contributed by atoms with Crippen LogP contribution in [0.25, 0.3) is 0 Å². The topological polar surface area (TPSA) is 144 Å². The summed E-state index contributed by atoms with van der Waals surface area (Å²) in [5.74, 6) is -1.84. The van der Waals surface area contributed by atoms with Crippen LogP contribution < -0.4 is 5.73 Å². The van der Waals surface area contributed by atoms with Crippen LogP contribution in [0.5, 0.6) is 0 Å². The van der Waals surface area contributed by atoms with Crippen LogP contribution in [0.4, 0.5) is 0 Å². The maximum Gasteiger partial charge on any atom is 0.451 e. The van der Waals surface area contributed by atoms with Crippen molar-refractivity contribution in [2.75, 3.05) is 53.9 Å². The van der Waals surface area contributed by atoms with E-state index in [-0.39, 0.29) is 26.0 Å². The van der Waals surface area contributed by atoms with Gasteiger partial charge < -0.3 is 25.4 Å². The summed E-state index contributed by atoms with van der Waals surface area (Å²) >= 11 is 0. The maximum absolute atomic E-state index is 13.0. The van der Waals surface area contributed by atoms with Crippen LogP contribution in [0, 0.1) is 5.92 Å². The number of quaternary nitrogens is 1. The molecule has 1 saturated heterocycles. The monoisotopic (exact) mass is 409 g/mol. The van der Waals surface area contributed by atoms with Gasteiger partial charge in [-0.15, -0.1) is 0 Å². The molecule has 12 heteroatoms. The Morgan fingerprint density at radius 1 is 1.37 bits per heavy atom. The Balaban J connectivity index is 2.95. The van der Waals surface area contributed by atoms with Crippen LogP contribution in [-0.2, 0) is 15.0 Å². The van der Waals surface area contributed by atoms with Gasteiger partial charge in [-0.2, -0.15) is 17.0 Å². The fraction of sp³-hybridized carbons (Fsp3) is 0.933. The second-order valence-corrected chi connectivity index (χ2v) is 10.2. The number of nitrogens with two attached hydrogens (primary N) is 1. The molecule has 1 fully saturated rings. The number of carboxylic acid groups (broad SMARTS) is 1. The van der Waals surface area contributed by atoms with Gasteiger partial charge in [0, 0.05) is 25.6 Å². The number of carbonyl (C=O) groups is 1. The minimum absolute atomic E-state index is 0.00747. The number of hydrogen-bond acceptors (Lipinski definition) is 6. The zero-order chi connectivity index (χ0) is 21.0. The molecule has 1 aliphatic rings. The Morgan fingerprint density at radius 3 is 2.41 bits per heavy atom. The summed E-state index contributed by atoms with van der Waals surface area (Å²) < 4.78 is 29.2. The second-order valence-electron chi connectivity index (χ2n) is 8.26. The predicted octanol–water partition coefficient (Wildman–Crippen LogP) is -1.77. The van der Waals surface area contributed by atoms with Crippen molar-refractivity contribution < 1.29 is 32.8 Å². The molecule has 1 heterocycles. The van der Waals surface area contributed by atoms with E-state index in [1.165, 1.54) is 4.31 Å². The van der Waals surface area contributed by atoms with Gasteiger partial charge in [0.15, 0.2) is 0 Å². The van der Waals surface area contributed by atoms with Crippen molar-refractivity contribution in [3.63, 3.8) is 0 Å². The van der Waals surface area contributed by atoms with Crippen molar-refractivity contribution in [1.82, 2.24) is 8.61 Å². The molecule has 5 N–H and O–H groups in total. The highest BCUT2D eigenvalue weighted by Gasteiger charge is 2.53. The molecule has 0 amide bonds. The largest absolute Gasteiger partial charge is 0.480 e. The van der Waals surface area contributed by atoms with Gasteiger partial charge in [0.1, 0.15) is 5.54 Å². The zero-order valence-corrected chi connectivity index (χ0v) is 17.5. The first-order chi connectivity index (χ1) is 12.2. The maximum atomic E-state index is 13.0. The summed E-state index contributed by atoms with van der Waals surface area (Å²) in [4.78, 5) is 11.7.